The molecule has 0 amide bonds. The van der Waals surface area contributed by atoms with Crippen LogP contribution in [0, 0.1) is 0 Å². The smallest absolute Gasteiger partial charge is 0.0323 e. The Morgan fingerprint density at radius 1 is 1.21 bits per heavy atom. The third-order valence-corrected chi connectivity index (χ3v) is 2.71. The summed E-state index contributed by atoms with van der Waals surface area (Å²) < 4.78 is 0. The van der Waals surface area contributed by atoms with Crippen molar-refractivity contribution in [3.05, 3.63) is 36.6 Å². The molecule has 1 fully saturated rings. The van der Waals surface area contributed by atoms with Crippen LogP contribution in [-0.2, 0) is 0 Å². The van der Waals surface area contributed by atoms with Gasteiger partial charge in [-0.3, -0.25) is 0 Å². The van der Waals surface area contributed by atoms with Crippen LogP contribution >= 0.6 is 0 Å². The Labute approximate surface area is 87.2 Å². The molecule has 1 rings (SSSR count). The maximum absolute atomic E-state index is 4.11. The summed E-state index contributed by atoms with van der Waals surface area (Å²) in [5.41, 5.74) is 2.35. The van der Waals surface area contributed by atoms with Crippen molar-refractivity contribution in [2.24, 2.45) is 0 Å². The molecule has 0 aromatic rings. The minimum atomic E-state index is 1.08. The van der Waals surface area contributed by atoms with Crippen molar-refractivity contribution in [1.29, 1.82) is 0 Å². The second-order valence-electron chi connectivity index (χ2n) is 3.82. The van der Waals surface area contributed by atoms with Crippen LogP contribution in [0.2, 0.25) is 0 Å². The van der Waals surface area contributed by atoms with Crippen LogP contribution < -0.4 is 0 Å². The summed E-state index contributed by atoms with van der Waals surface area (Å²) in [5.74, 6) is 0. The Morgan fingerprint density at radius 3 is 2.29 bits per heavy atom. The topological polar surface area (TPSA) is 6.48 Å². The molecule has 1 saturated heterocycles. The van der Waals surface area contributed by atoms with Gasteiger partial charge in [0.05, 0.1) is 0 Å². The van der Waals surface area contributed by atoms with Crippen LogP contribution in [0.3, 0.4) is 0 Å². The Balaban J connectivity index is 2.53. The number of hydrogen-bond donors (Lipinski definition) is 0. The molecule has 1 heterocycles. The SMILES string of the molecule is C=C/C=C(/C)C(=C)N1CCN(C)CC1. The first-order chi connectivity index (χ1) is 6.65. The normalized spacial score (nSPS) is 19.6. The zero-order valence-electron chi connectivity index (χ0n) is 9.29. The number of rotatable bonds is 3. The van der Waals surface area contributed by atoms with Gasteiger partial charge in [0.1, 0.15) is 0 Å². The molecule has 1 aliphatic rings. The van der Waals surface area contributed by atoms with Crippen LogP contribution in [0.1, 0.15) is 6.92 Å². The lowest BCUT2D eigenvalue weighted by Crippen LogP contribution is -2.43. The van der Waals surface area contributed by atoms with Crippen molar-refractivity contribution in [2.75, 3.05) is 33.2 Å². The number of piperazine rings is 1. The molecule has 2 heteroatoms. The van der Waals surface area contributed by atoms with E-state index in [1.807, 2.05) is 12.2 Å². The Kier molecular flexibility index (Phi) is 3.96. The zero-order chi connectivity index (χ0) is 10.6. The fourth-order valence-electron chi connectivity index (χ4n) is 1.60. The van der Waals surface area contributed by atoms with Crippen molar-refractivity contribution in [3.63, 3.8) is 0 Å². The highest BCUT2D eigenvalue weighted by Gasteiger charge is 2.15. The van der Waals surface area contributed by atoms with E-state index in [1.54, 1.807) is 0 Å². The van der Waals surface area contributed by atoms with E-state index in [2.05, 4.69) is 36.9 Å². The van der Waals surface area contributed by atoms with Crippen LogP contribution in [-0.4, -0.2) is 43.0 Å². The van der Waals surface area contributed by atoms with Gasteiger partial charge in [-0.1, -0.05) is 25.3 Å². The van der Waals surface area contributed by atoms with E-state index in [-0.39, 0.29) is 0 Å². The highest BCUT2D eigenvalue weighted by Crippen LogP contribution is 2.14. The second-order valence-corrected chi connectivity index (χ2v) is 3.82. The average Bonchev–Trinajstić information content (AvgIpc) is 2.18. The van der Waals surface area contributed by atoms with Gasteiger partial charge in [-0.15, -0.1) is 0 Å². The fourth-order valence-corrected chi connectivity index (χ4v) is 1.60. The summed E-state index contributed by atoms with van der Waals surface area (Å²) in [6, 6.07) is 0. The molecule has 0 bridgehead atoms. The quantitative estimate of drug-likeness (QED) is 0.630. The largest absolute Gasteiger partial charge is 0.369 e. The second kappa shape index (κ2) is 5.01. The van der Waals surface area contributed by atoms with Gasteiger partial charge in [-0.2, -0.15) is 0 Å². The third-order valence-electron chi connectivity index (χ3n) is 2.71. The molecule has 78 valence electrons. The van der Waals surface area contributed by atoms with Gasteiger partial charge < -0.3 is 9.80 Å². The number of hydrogen-bond acceptors (Lipinski definition) is 2. The molecule has 0 radical (unpaired) electrons. The highest BCUT2D eigenvalue weighted by atomic mass is 15.2. The predicted molar refractivity (Wildman–Crippen MR) is 62.2 cm³/mol. The lowest BCUT2D eigenvalue weighted by molar-refractivity contribution is 0.189. The molecule has 2 nitrogen and oxygen atoms in total. The Bertz CT molecular complexity index is 245. The van der Waals surface area contributed by atoms with Gasteiger partial charge in [0.15, 0.2) is 0 Å². The first kappa shape index (κ1) is 11.1. The lowest BCUT2D eigenvalue weighted by atomic mass is 10.2. The van der Waals surface area contributed by atoms with Gasteiger partial charge in [0.25, 0.3) is 0 Å². The van der Waals surface area contributed by atoms with Crippen molar-refractivity contribution >= 4 is 0 Å². The van der Waals surface area contributed by atoms with Crippen molar-refractivity contribution in [1.82, 2.24) is 9.80 Å². The van der Waals surface area contributed by atoms with Crippen molar-refractivity contribution in [2.45, 2.75) is 6.92 Å². The van der Waals surface area contributed by atoms with E-state index >= 15 is 0 Å². The molecule has 0 unspecified atom stereocenters. The van der Waals surface area contributed by atoms with Gasteiger partial charge in [0, 0.05) is 31.9 Å². The lowest BCUT2D eigenvalue weighted by Gasteiger charge is -2.35. The van der Waals surface area contributed by atoms with Gasteiger partial charge >= 0.3 is 0 Å². The number of nitrogens with zero attached hydrogens (tertiary/aromatic N) is 2. The minimum Gasteiger partial charge on any atom is -0.369 e. The molecule has 0 aromatic heterocycles. The molecule has 1 aliphatic heterocycles. The third kappa shape index (κ3) is 2.74. The average molecular weight is 192 g/mol. The van der Waals surface area contributed by atoms with Crippen LogP contribution in [0.15, 0.2) is 36.6 Å². The van der Waals surface area contributed by atoms with Crippen molar-refractivity contribution < 1.29 is 0 Å². The summed E-state index contributed by atoms with van der Waals surface area (Å²) in [6.45, 7) is 14.3. The predicted octanol–water partition coefficient (Wildman–Crippen LogP) is 1.88. The van der Waals surface area contributed by atoms with E-state index in [9.17, 15) is 0 Å². The first-order valence-electron chi connectivity index (χ1n) is 5.07. The molecule has 0 aliphatic carbocycles. The molecular weight excluding hydrogens is 172 g/mol. The molecule has 14 heavy (non-hydrogen) atoms. The maximum Gasteiger partial charge on any atom is 0.0323 e. The summed E-state index contributed by atoms with van der Waals surface area (Å²) in [4.78, 5) is 4.69. The monoisotopic (exact) mass is 192 g/mol. The van der Waals surface area contributed by atoms with E-state index in [0.717, 1.165) is 31.9 Å². The summed E-state index contributed by atoms with van der Waals surface area (Å²) in [6.07, 6.45) is 3.83. The molecule has 0 saturated carbocycles. The van der Waals surface area contributed by atoms with E-state index in [1.165, 1.54) is 5.57 Å². The minimum absolute atomic E-state index is 1.08. The Morgan fingerprint density at radius 2 is 1.79 bits per heavy atom. The van der Waals surface area contributed by atoms with Crippen LogP contribution in [0.4, 0.5) is 0 Å². The standard InChI is InChI=1S/C12H20N2/c1-5-6-11(2)12(3)14-9-7-13(4)8-10-14/h5-6H,1,3,7-10H2,2,4H3/b11-6-. The van der Waals surface area contributed by atoms with Gasteiger partial charge in [0.2, 0.25) is 0 Å². The van der Waals surface area contributed by atoms with Crippen LogP contribution in [0.5, 0.6) is 0 Å². The molecule has 0 N–H and O–H groups in total. The molecule has 0 atom stereocenters. The summed E-state index contributed by atoms with van der Waals surface area (Å²) in [5, 5.41) is 0. The van der Waals surface area contributed by atoms with E-state index in [4.69, 9.17) is 0 Å². The summed E-state index contributed by atoms with van der Waals surface area (Å²) >= 11 is 0. The maximum atomic E-state index is 4.11. The zero-order valence-corrected chi connectivity index (χ0v) is 9.29. The highest BCUT2D eigenvalue weighted by molar-refractivity contribution is 5.28. The Hall–Kier alpha value is -1.02. The van der Waals surface area contributed by atoms with Gasteiger partial charge in [-0.25, -0.2) is 0 Å². The van der Waals surface area contributed by atoms with Gasteiger partial charge in [-0.05, 0) is 19.5 Å². The molecule has 0 spiro atoms. The fraction of sp³-hybridized carbons (Fsp3) is 0.500. The first-order valence-corrected chi connectivity index (χ1v) is 5.07. The number of allylic oxidation sites excluding steroid dienone is 3. The van der Waals surface area contributed by atoms with E-state index < -0.39 is 0 Å². The molecule has 0 aromatic carbocycles. The van der Waals surface area contributed by atoms with E-state index in [0.29, 0.717) is 0 Å². The van der Waals surface area contributed by atoms with Crippen molar-refractivity contribution in [3.8, 4) is 0 Å². The molecular formula is C12H20N2. The van der Waals surface area contributed by atoms with Crippen LogP contribution in [0.25, 0.3) is 0 Å². The summed E-state index contributed by atoms with van der Waals surface area (Å²) in [7, 11) is 2.16. The number of likely N-dealkylation sites (N-methyl/N-ethyl adjacent to an activating group) is 1.